The van der Waals surface area contributed by atoms with Crippen LogP contribution >= 0.6 is 0 Å². The maximum Gasteiger partial charge on any atom is 0.508 e. The number of fused-ring (bicyclic) bond motifs is 1. The van der Waals surface area contributed by atoms with Gasteiger partial charge in [-0.2, -0.15) is 0 Å². The third-order valence-electron chi connectivity index (χ3n) is 6.07. The zero-order valence-corrected chi connectivity index (χ0v) is 20.0. The molecular formula is C25H30N2O9. The molecule has 0 bridgehead atoms. The summed E-state index contributed by atoms with van der Waals surface area (Å²) < 4.78 is 22.2. The SMILES string of the molecule is CCOC(=O)OC[C@@H]1O[C@@H](O)[C@](O)(Oc2cccc3ncn(Cc4ccc(CC)cc4)c23)[C@H](O)[C@H]1O. The smallest absolute Gasteiger partial charge is 0.452 e. The number of benzene rings is 2. The van der Waals surface area contributed by atoms with Crippen molar-refractivity contribution in [3.8, 4) is 5.75 Å². The lowest BCUT2D eigenvalue weighted by Gasteiger charge is -2.45. The Hall–Kier alpha value is -3.22. The van der Waals surface area contributed by atoms with Crippen molar-refractivity contribution >= 4 is 17.2 Å². The molecule has 0 spiro atoms. The fourth-order valence-corrected chi connectivity index (χ4v) is 4.04. The van der Waals surface area contributed by atoms with Gasteiger partial charge in [0.25, 0.3) is 5.79 Å². The average Bonchev–Trinajstić information content (AvgIpc) is 3.29. The van der Waals surface area contributed by atoms with Crippen LogP contribution in [0.25, 0.3) is 11.0 Å². The lowest BCUT2D eigenvalue weighted by Crippen LogP contribution is -2.69. The lowest BCUT2D eigenvalue weighted by atomic mass is 9.96. The summed E-state index contributed by atoms with van der Waals surface area (Å²) in [4.78, 5) is 15.8. The minimum absolute atomic E-state index is 0.0813. The summed E-state index contributed by atoms with van der Waals surface area (Å²) in [5.41, 5.74) is 3.29. The van der Waals surface area contributed by atoms with Gasteiger partial charge in [-0.1, -0.05) is 37.3 Å². The van der Waals surface area contributed by atoms with Gasteiger partial charge in [0.05, 0.1) is 18.5 Å². The van der Waals surface area contributed by atoms with Gasteiger partial charge in [0.2, 0.25) is 6.29 Å². The summed E-state index contributed by atoms with van der Waals surface area (Å²) in [6.07, 6.45) is -5.63. The Bertz CT molecular complexity index is 1180. The summed E-state index contributed by atoms with van der Waals surface area (Å²) >= 11 is 0. The number of hydrogen-bond donors (Lipinski definition) is 4. The van der Waals surface area contributed by atoms with Crippen LogP contribution < -0.4 is 4.74 Å². The molecule has 3 aromatic rings. The molecule has 1 aliphatic rings. The summed E-state index contributed by atoms with van der Waals surface area (Å²) in [5.74, 6) is -2.63. The molecule has 0 unspecified atom stereocenters. The minimum atomic E-state index is -2.73. The molecular weight excluding hydrogens is 472 g/mol. The first-order valence-corrected chi connectivity index (χ1v) is 11.7. The number of ether oxygens (including phenoxy) is 4. The number of aliphatic hydroxyl groups is 4. The van der Waals surface area contributed by atoms with Gasteiger partial charge in [-0.15, -0.1) is 0 Å². The van der Waals surface area contributed by atoms with E-state index in [1.807, 2.05) is 28.8 Å². The average molecular weight is 503 g/mol. The second-order valence-electron chi connectivity index (χ2n) is 8.48. The molecule has 5 atom stereocenters. The second kappa shape index (κ2) is 10.8. The summed E-state index contributed by atoms with van der Waals surface area (Å²) in [7, 11) is 0. The van der Waals surface area contributed by atoms with Gasteiger partial charge in [0.15, 0.2) is 6.10 Å². The third kappa shape index (κ3) is 5.15. The Morgan fingerprint density at radius 1 is 1.08 bits per heavy atom. The number of hydrogen-bond acceptors (Lipinski definition) is 10. The van der Waals surface area contributed by atoms with Crippen molar-refractivity contribution in [1.29, 1.82) is 0 Å². The minimum Gasteiger partial charge on any atom is -0.452 e. The van der Waals surface area contributed by atoms with E-state index in [9.17, 15) is 25.2 Å². The van der Waals surface area contributed by atoms with Crippen molar-refractivity contribution in [2.45, 2.75) is 57.2 Å². The number of carbonyl (C=O) groups is 1. The molecule has 1 saturated heterocycles. The Morgan fingerprint density at radius 2 is 1.81 bits per heavy atom. The summed E-state index contributed by atoms with van der Waals surface area (Å²) in [5, 5.41) is 42.8. The van der Waals surface area contributed by atoms with Crippen molar-refractivity contribution < 1.29 is 44.2 Å². The van der Waals surface area contributed by atoms with Gasteiger partial charge in [-0.25, -0.2) is 9.78 Å². The number of imidazole rings is 1. The Morgan fingerprint density at radius 3 is 2.50 bits per heavy atom. The Balaban J connectivity index is 1.56. The normalized spacial score (nSPS) is 26.1. The molecule has 0 radical (unpaired) electrons. The highest BCUT2D eigenvalue weighted by Gasteiger charge is 2.57. The predicted octanol–water partition coefficient (Wildman–Crippen LogP) is 1.33. The molecule has 0 aliphatic carbocycles. The van der Waals surface area contributed by atoms with Crippen LogP contribution in [-0.4, -0.2) is 79.7 Å². The maximum absolute atomic E-state index is 11.4. The molecule has 2 aromatic carbocycles. The van der Waals surface area contributed by atoms with Gasteiger partial charge in [0, 0.05) is 6.54 Å². The van der Waals surface area contributed by atoms with E-state index in [2.05, 4.69) is 16.6 Å². The number of nitrogens with zero attached hydrogens (tertiary/aromatic N) is 2. The quantitative estimate of drug-likeness (QED) is 0.262. The molecule has 36 heavy (non-hydrogen) atoms. The molecule has 4 rings (SSSR count). The number of aryl methyl sites for hydroxylation is 1. The third-order valence-corrected chi connectivity index (χ3v) is 6.07. The highest BCUT2D eigenvalue weighted by Crippen LogP contribution is 2.35. The molecule has 2 heterocycles. The van der Waals surface area contributed by atoms with Crippen molar-refractivity contribution in [3.63, 3.8) is 0 Å². The molecule has 1 fully saturated rings. The van der Waals surface area contributed by atoms with E-state index >= 15 is 0 Å². The fourth-order valence-electron chi connectivity index (χ4n) is 4.04. The van der Waals surface area contributed by atoms with Crippen LogP contribution in [0.4, 0.5) is 4.79 Å². The molecule has 194 valence electrons. The van der Waals surface area contributed by atoms with Crippen LogP contribution in [0.5, 0.6) is 5.75 Å². The monoisotopic (exact) mass is 502 g/mol. The van der Waals surface area contributed by atoms with E-state index in [1.54, 1.807) is 31.5 Å². The zero-order chi connectivity index (χ0) is 25.9. The van der Waals surface area contributed by atoms with Crippen LogP contribution in [0.3, 0.4) is 0 Å². The number of carbonyl (C=O) groups excluding carboxylic acids is 1. The van der Waals surface area contributed by atoms with E-state index in [4.69, 9.17) is 14.2 Å². The molecule has 11 nitrogen and oxygen atoms in total. The molecule has 1 aliphatic heterocycles. The summed E-state index contributed by atoms with van der Waals surface area (Å²) in [6, 6.07) is 13.1. The fraction of sp³-hybridized carbons (Fsp3) is 0.440. The molecule has 11 heteroatoms. The first-order valence-electron chi connectivity index (χ1n) is 11.7. The number of aliphatic hydroxyl groups excluding tert-OH is 3. The van der Waals surface area contributed by atoms with Gasteiger partial charge in [0.1, 0.15) is 30.1 Å². The first-order chi connectivity index (χ1) is 17.3. The van der Waals surface area contributed by atoms with E-state index in [0.717, 1.165) is 12.0 Å². The van der Waals surface area contributed by atoms with Crippen molar-refractivity contribution in [1.82, 2.24) is 9.55 Å². The van der Waals surface area contributed by atoms with Gasteiger partial charge in [-0.3, -0.25) is 0 Å². The van der Waals surface area contributed by atoms with Crippen molar-refractivity contribution in [2.75, 3.05) is 13.2 Å². The van der Waals surface area contributed by atoms with Crippen LogP contribution in [0.2, 0.25) is 0 Å². The van der Waals surface area contributed by atoms with E-state index in [0.29, 0.717) is 17.6 Å². The number of para-hydroxylation sites is 1. The Kier molecular flexibility index (Phi) is 7.76. The van der Waals surface area contributed by atoms with Gasteiger partial charge < -0.3 is 43.9 Å². The summed E-state index contributed by atoms with van der Waals surface area (Å²) in [6.45, 7) is 3.68. The molecule has 0 amide bonds. The van der Waals surface area contributed by atoms with E-state index in [1.165, 1.54) is 5.56 Å². The topological polar surface area (TPSA) is 153 Å². The van der Waals surface area contributed by atoms with Gasteiger partial charge in [-0.05, 0) is 36.6 Å². The standard InChI is InChI=1S/C25H30N2O9/c1-3-15-8-10-16(11-9-15)12-27-14-26-17-6-5-7-18(20(17)27)36-25(32)22(29)21(28)19(35-23(25)30)13-34-24(31)33-4-2/h5-11,14,19,21-23,28-30,32H,3-4,12-13H2,1-2H3/t19-,21-,22+,23+,25+/m0/s1. The van der Waals surface area contributed by atoms with Crippen LogP contribution in [0.1, 0.15) is 25.0 Å². The van der Waals surface area contributed by atoms with Crippen LogP contribution in [0.15, 0.2) is 48.8 Å². The van der Waals surface area contributed by atoms with Crippen molar-refractivity contribution in [3.05, 3.63) is 59.9 Å². The molecule has 0 saturated carbocycles. The Labute approximate surface area is 207 Å². The van der Waals surface area contributed by atoms with Gasteiger partial charge >= 0.3 is 6.16 Å². The largest absolute Gasteiger partial charge is 0.508 e. The van der Waals surface area contributed by atoms with E-state index < -0.39 is 43.2 Å². The highest BCUT2D eigenvalue weighted by molar-refractivity contribution is 5.82. The van der Waals surface area contributed by atoms with E-state index in [-0.39, 0.29) is 12.4 Å². The van der Waals surface area contributed by atoms with Crippen LogP contribution in [0, 0.1) is 0 Å². The number of aromatic nitrogens is 2. The zero-order valence-electron chi connectivity index (χ0n) is 20.0. The molecule has 4 N–H and O–H groups in total. The first kappa shape index (κ1) is 25.9. The predicted molar refractivity (Wildman–Crippen MR) is 126 cm³/mol. The second-order valence-corrected chi connectivity index (χ2v) is 8.48. The highest BCUT2D eigenvalue weighted by atomic mass is 16.7. The number of rotatable bonds is 8. The van der Waals surface area contributed by atoms with Crippen LogP contribution in [-0.2, 0) is 27.2 Å². The molecule has 1 aromatic heterocycles. The maximum atomic E-state index is 11.4. The lowest BCUT2D eigenvalue weighted by molar-refractivity contribution is -0.385. The van der Waals surface area contributed by atoms with Crippen molar-refractivity contribution in [2.24, 2.45) is 0 Å².